The van der Waals surface area contributed by atoms with E-state index in [2.05, 4.69) is 35.6 Å². The SMILES string of the molecule is CCCCc1ccc(C#Cc2ccc(CN(c3cccc(OCC(=O)OC)c3)S(=O)O)cc2)cc1. The van der Waals surface area contributed by atoms with Gasteiger partial charge in [0, 0.05) is 17.2 Å². The lowest BCUT2D eigenvalue weighted by Gasteiger charge is -2.20. The number of aryl methyl sites for hydroxylation is 1. The van der Waals surface area contributed by atoms with E-state index >= 15 is 0 Å². The molecule has 0 aliphatic carbocycles. The molecule has 0 spiro atoms. The first-order chi connectivity index (χ1) is 17.0. The van der Waals surface area contributed by atoms with E-state index in [1.165, 1.54) is 29.8 Å². The molecule has 0 aromatic heterocycles. The van der Waals surface area contributed by atoms with Gasteiger partial charge in [-0.15, -0.1) is 0 Å². The predicted octanol–water partition coefficient (Wildman–Crippen LogP) is 5.12. The van der Waals surface area contributed by atoms with E-state index in [-0.39, 0.29) is 13.2 Å². The maximum atomic E-state index is 12.0. The number of unbranched alkanes of at least 4 members (excludes halogenated alkanes) is 1. The first-order valence-electron chi connectivity index (χ1n) is 11.4. The molecule has 1 unspecified atom stereocenters. The first-order valence-corrected chi connectivity index (χ1v) is 12.4. The van der Waals surface area contributed by atoms with Crippen molar-refractivity contribution in [2.45, 2.75) is 32.7 Å². The van der Waals surface area contributed by atoms with Gasteiger partial charge in [0.1, 0.15) is 5.75 Å². The highest BCUT2D eigenvalue weighted by Gasteiger charge is 2.14. The zero-order valence-electron chi connectivity index (χ0n) is 19.9. The van der Waals surface area contributed by atoms with Crippen molar-refractivity contribution in [1.82, 2.24) is 0 Å². The van der Waals surface area contributed by atoms with Crippen molar-refractivity contribution in [3.05, 3.63) is 95.1 Å². The van der Waals surface area contributed by atoms with Gasteiger partial charge in [-0.3, -0.25) is 8.86 Å². The molecule has 0 aliphatic heterocycles. The molecule has 3 rings (SSSR count). The van der Waals surface area contributed by atoms with Gasteiger partial charge in [0.05, 0.1) is 19.3 Å². The fourth-order valence-corrected chi connectivity index (χ4v) is 3.86. The van der Waals surface area contributed by atoms with Gasteiger partial charge in [-0.05, 0) is 60.4 Å². The van der Waals surface area contributed by atoms with E-state index in [9.17, 15) is 13.6 Å². The molecule has 1 atom stereocenters. The van der Waals surface area contributed by atoms with Crippen LogP contribution in [-0.2, 0) is 33.8 Å². The van der Waals surface area contributed by atoms with Crippen molar-refractivity contribution in [1.29, 1.82) is 0 Å². The standard InChI is InChI=1S/C28H29NO5S/c1-3-4-6-22-9-11-23(12-10-22)13-14-24-15-17-25(18-16-24)20-29(35(31)32)26-7-5-8-27(19-26)34-21-28(30)33-2/h5,7-12,15-19H,3-4,6,20-21H2,1-2H3,(H,31,32). The minimum Gasteiger partial charge on any atom is -0.482 e. The Labute approximate surface area is 209 Å². The van der Waals surface area contributed by atoms with Gasteiger partial charge in [-0.2, -0.15) is 0 Å². The third-order valence-electron chi connectivity index (χ3n) is 5.28. The van der Waals surface area contributed by atoms with Crippen LogP contribution in [0.15, 0.2) is 72.8 Å². The summed E-state index contributed by atoms with van der Waals surface area (Å²) in [5.41, 5.74) is 4.48. The number of methoxy groups -OCH3 is 1. The predicted molar refractivity (Wildman–Crippen MR) is 138 cm³/mol. The summed E-state index contributed by atoms with van der Waals surface area (Å²) in [6.07, 6.45) is 3.46. The summed E-state index contributed by atoms with van der Waals surface area (Å²) in [4.78, 5) is 11.3. The van der Waals surface area contributed by atoms with Crippen LogP contribution in [0.25, 0.3) is 0 Å². The van der Waals surface area contributed by atoms with Crippen molar-refractivity contribution in [3.8, 4) is 17.6 Å². The Morgan fingerprint density at radius 3 is 2.17 bits per heavy atom. The van der Waals surface area contributed by atoms with E-state index < -0.39 is 17.2 Å². The Morgan fingerprint density at radius 2 is 1.60 bits per heavy atom. The van der Waals surface area contributed by atoms with Gasteiger partial charge in [0.2, 0.25) is 0 Å². The zero-order chi connectivity index (χ0) is 25.0. The molecule has 0 aliphatic rings. The summed E-state index contributed by atoms with van der Waals surface area (Å²) >= 11 is -2.26. The number of benzene rings is 3. The molecule has 0 saturated heterocycles. The summed E-state index contributed by atoms with van der Waals surface area (Å²) in [7, 11) is 1.28. The molecule has 7 heteroatoms. The van der Waals surface area contributed by atoms with E-state index in [1.807, 2.05) is 36.4 Å². The maximum Gasteiger partial charge on any atom is 0.343 e. The van der Waals surface area contributed by atoms with Crippen LogP contribution in [0.4, 0.5) is 5.69 Å². The molecular formula is C28H29NO5S. The Morgan fingerprint density at radius 1 is 0.971 bits per heavy atom. The Hall–Kier alpha value is -3.60. The topological polar surface area (TPSA) is 76.1 Å². The van der Waals surface area contributed by atoms with Gasteiger partial charge in [0.25, 0.3) is 11.3 Å². The zero-order valence-corrected chi connectivity index (χ0v) is 20.7. The summed E-state index contributed by atoms with van der Waals surface area (Å²) in [6.45, 7) is 2.15. The van der Waals surface area contributed by atoms with Crippen molar-refractivity contribution in [3.63, 3.8) is 0 Å². The normalized spacial score (nSPS) is 11.2. The lowest BCUT2D eigenvalue weighted by atomic mass is 10.1. The molecule has 0 radical (unpaired) electrons. The molecule has 6 nitrogen and oxygen atoms in total. The number of ether oxygens (including phenoxy) is 2. The summed E-state index contributed by atoms with van der Waals surface area (Å²) in [5.74, 6) is 6.24. The number of anilines is 1. The van der Waals surface area contributed by atoms with E-state index in [1.54, 1.807) is 24.3 Å². The number of hydrogen-bond donors (Lipinski definition) is 1. The lowest BCUT2D eigenvalue weighted by Crippen LogP contribution is -2.24. The van der Waals surface area contributed by atoms with Crippen LogP contribution in [0.5, 0.6) is 5.75 Å². The molecule has 3 aromatic rings. The minimum absolute atomic E-state index is 0.205. The van der Waals surface area contributed by atoms with Crippen LogP contribution in [0.1, 0.15) is 42.0 Å². The van der Waals surface area contributed by atoms with E-state index in [0.717, 1.165) is 23.1 Å². The summed E-state index contributed by atoms with van der Waals surface area (Å²) in [6, 6.07) is 22.6. The number of rotatable bonds is 10. The number of nitrogens with zero attached hydrogens (tertiary/aromatic N) is 1. The van der Waals surface area contributed by atoms with Gasteiger partial charge in [0.15, 0.2) is 6.61 Å². The first kappa shape index (κ1) is 26.0. The second-order valence-corrected chi connectivity index (χ2v) is 8.78. The smallest absolute Gasteiger partial charge is 0.343 e. The van der Waals surface area contributed by atoms with Crippen molar-refractivity contribution in [2.24, 2.45) is 0 Å². The molecule has 3 aromatic carbocycles. The third kappa shape index (κ3) is 8.29. The molecule has 0 amide bonds. The maximum absolute atomic E-state index is 12.0. The Balaban J connectivity index is 1.66. The fourth-order valence-electron chi connectivity index (χ4n) is 3.31. The minimum atomic E-state index is -2.26. The van der Waals surface area contributed by atoms with E-state index in [0.29, 0.717) is 11.4 Å². The molecule has 0 fully saturated rings. The fraction of sp³-hybridized carbons (Fsp3) is 0.250. The van der Waals surface area contributed by atoms with Crippen LogP contribution in [0, 0.1) is 11.8 Å². The molecule has 35 heavy (non-hydrogen) atoms. The quantitative estimate of drug-likeness (QED) is 0.242. The lowest BCUT2D eigenvalue weighted by molar-refractivity contribution is -0.142. The second kappa shape index (κ2) is 13.3. The molecule has 182 valence electrons. The van der Waals surface area contributed by atoms with Crippen LogP contribution in [0.3, 0.4) is 0 Å². The van der Waals surface area contributed by atoms with Crippen molar-refractivity contribution < 1.29 is 23.0 Å². The molecule has 0 saturated carbocycles. The second-order valence-electron chi connectivity index (χ2n) is 7.88. The number of carbonyl (C=O) groups excluding carboxylic acids is 1. The average molecular weight is 492 g/mol. The average Bonchev–Trinajstić information content (AvgIpc) is 2.89. The van der Waals surface area contributed by atoms with Gasteiger partial charge in [-0.1, -0.05) is 55.5 Å². The van der Waals surface area contributed by atoms with Crippen LogP contribution in [0.2, 0.25) is 0 Å². The largest absolute Gasteiger partial charge is 0.482 e. The summed E-state index contributed by atoms with van der Waals surface area (Å²) in [5, 5.41) is 0. The van der Waals surface area contributed by atoms with Crippen LogP contribution < -0.4 is 9.04 Å². The monoisotopic (exact) mass is 491 g/mol. The Kier molecular flexibility index (Phi) is 9.91. The highest BCUT2D eigenvalue weighted by atomic mass is 32.2. The highest BCUT2D eigenvalue weighted by Crippen LogP contribution is 2.24. The summed E-state index contributed by atoms with van der Waals surface area (Å²) < 4.78 is 33.2. The van der Waals surface area contributed by atoms with Gasteiger partial charge < -0.3 is 9.47 Å². The van der Waals surface area contributed by atoms with E-state index in [4.69, 9.17) is 4.74 Å². The van der Waals surface area contributed by atoms with Gasteiger partial charge in [-0.25, -0.2) is 9.00 Å². The number of carbonyl (C=O) groups is 1. The number of hydrogen-bond acceptors (Lipinski definition) is 4. The Bertz CT molecular complexity index is 1200. The molecular weight excluding hydrogens is 462 g/mol. The molecule has 0 heterocycles. The third-order valence-corrected chi connectivity index (χ3v) is 6.00. The molecule has 0 bridgehead atoms. The van der Waals surface area contributed by atoms with Crippen LogP contribution in [-0.4, -0.2) is 28.4 Å². The van der Waals surface area contributed by atoms with Crippen molar-refractivity contribution >= 4 is 22.9 Å². The van der Waals surface area contributed by atoms with Crippen molar-refractivity contribution in [2.75, 3.05) is 18.0 Å². The highest BCUT2D eigenvalue weighted by molar-refractivity contribution is 7.80. The van der Waals surface area contributed by atoms with Gasteiger partial charge >= 0.3 is 5.97 Å². The molecule has 1 N–H and O–H groups in total. The van der Waals surface area contributed by atoms with Crippen LogP contribution >= 0.6 is 0 Å². The number of esters is 1.